The predicted octanol–water partition coefficient (Wildman–Crippen LogP) is 6.88. The quantitative estimate of drug-likeness (QED) is 0.484. The van der Waals surface area contributed by atoms with E-state index in [-0.39, 0.29) is 5.41 Å². The number of aryl methyl sites for hydroxylation is 2. The first-order valence-electron chi connectivity index (χ1n) is 8.64. The highest BCUT2D eigenvalue weighted by atomic mass is 14.2. The first kappa shape index (κ1) is 16.5. The van der Waals surface area contributed by atoms with Crippen LogP contribution in [0.5, 0.6) is 0 Å². The number of rotatable bonds is 2. The summed E-state index contributed by atoms with van der Waals surface area (Å²) in [6, 6.07) is 19.7. The van der Waals surface area contributed by atoms with Crippen LogP contribution in [0.25, 0.3) is 23.3 Å². The van der Waals surface area contributed by atoms with E-state index in [0.717, 1.165) is 0 Å². The number of fused-ring (bicyclic) bond motifs is 1. The van der Waals surface area contributed by atoms with Gasteiger partial charge in [0, 0.05) is 0 Å². The first-order chi connectivity index (χ1) is 11.4. The van der Waals surface area contributed by atoms with Crippen LogP contribution in [0, 0.1) is 13.8 Å². The summed E-state index contributed by atoms with van der Waals surface area (Å²) in [6.45, 7) is 11.3. The van der Waals surface area contributed by atoms with Gasteiger partial charge in [-0.05, 0) is 58.2 Å². The van der Waals surface area contributed by atoms with Crippen molar-refractivity contribution in [1.29, 1.82) is 0 Å². The van der Waals surface area contributed by atoms with Gasteiger partial charge in [0.1, 0.15) is 0 Å². The van der Waals surface area contributed by atoms with Crippen LogP contribution in [0.1, 0.15) is 48.6 Å². The SMILES string of the molecule is Cc1cc(C(C)(C)C)cc(/C=C/c2ccccc2)c2c(C)ccc1-2. The highest BCUT2D eigenvalue weighted by Gasteiger charge is 2.18. The van der Waals surface area contributed by atoms with E-state index in [1.807, 2.05) is 0 Å². The molecule has 24 heavy (non-hydrogen) atoms. The summed E-state index contributed by atoms with van der Waals surface area (Å²) >= 11 is 0. The van der Waals surface area contributed by atoms with Gasteiger partial charge in [-0.3, -0.25) is 0 Å². The summed E-state index contributed by atoms with van der Waals surface area (Å²) in [5.74, 6) is 0. The molecule has 1 aromatic rings. The Bertz CT molecular complexity index is 845. The van der Waals surface area contributed by atoms with Crippen molar-refractivity contribution in [2.45, 2.75) is 40.0 Å². The predicted molar refractivity (Wildman–Crippen MR) is 107 cm³/mol. The van der Waals surface area contributed by atoms with Gasteiger partial charge >= 0.3 is 0 Å². The Morgan fingerprint density at radius 1 is 0.750 bits per heavy atom. The molecule has 0 amide bonds. The Labute approximate surface area is 146 Å². The second-order valence-corrected chi connectivity index (χ2v) is 7.68. The van der Waals surface area contributed by atoms with Crippen LogP contribution in [0.2, 0.25) is 0 Å². The molecule has 0 fully saturated rings. The minimum absolute atomic E-state index is 0.129. The van der Waals surface area contributed by atoms with Gasteiger partial charge in [0.05, 0.1) is 0 Å². The van der Waals surface area contributed by atoms with Crippen molar-refractivity contribution in [2.75, 3.05) is 0 Å². The molecule has 122 valence electrons. The third-order valence-electron chi connectivity index (χ3n) is 4.68. The van der Waals surface area contributed by atoms with Crippen LogP contribution >= 0.6 is 0 Å². The Morgan fingerprint density at radius 2 is 1.46 bits per heavy atom. The highest BCUT2D eigenvalue weighted by Crippen LogP contribution is 2.37. The second-order valence-electron chi connectivity index (χ2n) is 7.68. The summed E-state index contributed by atoms with van der Waals surface area (Å²) in [6.07, 6.45) is 4.47. The molecule has 0 nitrogen and oxygen atoms in total. The third-order valence-corrected chi connectivity index (χ3v) is 4.68. The van der Waals surface area contributed by atoms with E-state index in [1.165, 1.54) is 38.9 Å². The largest absolute Gasteiger partial charge is 0.0622 e. The number of hydrogen-bond acceptors (Lipinski definition) is 0. The highest BCUT2D eigenvalue weighted by molar-refractivity contribution is 5.85. The van der Waals surface area contributed by atoms with E-state index in [2.05, 4.69) is 101 Å². The van der Waals surface area contributed by atoms with Gasteiger partial charge in [0.15, 0.2) is 0 Å². The fraction of sp³-hybridized carbons (Fsp3) is 0.250. The smallest absolute Gasteiger partial charge is 0.00794 e. The zero-order valence-electron chi connectivity index (χ0n) is 15.4. The molecule has 0 saturated heterocycles. The molecular weight excluding hydrogens is 288 g/mol. The van der Waals surface area contributed by atoms with E-state index in [0.29, 0.717) is 0 Å². The van der Waals surface area contributed by atoms with Gasteiger partial charge in [-0.25, -0.2) is 0 Å². The fourth-order valence-electron chi connectivity index (χ4n) is 3.21. The lowest BCUT2D eigenvalue weighted by molar-refractivity contribution is 0.590. The first-order valence-corrected chi connectivity index (χ1v) is 8.64. The minimum Gasteiger partial charge on any atom is -0.0622 e. The molecule has 3 rings (SSSR count). The van der Waals surface area contributed by atoms with Crippen LogP contribution in [0.4, 0.5) is 0 Å². The summed E-state index contributed by atoms with van der Waals surface area (Å²) in [7, 11) is 0. The summed E-state index contributed by atoms with van der Waals surface area (Å²) in [5, 5.41) is 0. The van der Waals surface area contributed by atoms with Gasteiger partial charge in [0.25, 0.3) is 0 Å². The molecule has 0 bridgehead atoms. The molecule has 1 aromatic carbocycles. The van der Waals surface area contributed by atoms with E-state index in [9.17, 15) is 0 Å². The monoisotopic (exact) mass is 314 g/mol. The van der Waals surface area contributed by atoms with Crippen molar-refractivity contribution in [3.63, 3.8) is 0 Å². The molecule has 2 aliphatic carbocycles. The van der Waals surface area contributed by atoms with Crippen LogP contribution in [-0.2, 0) is 5.41 Å². The van der Waals surface area contributed by atoms with E-state index < -0.39 is 0 Å². The van der Waals surface area contributed by atoms with Gasteiger partial charge in [0.2, 0.25) is 0 Å². The molecule has 2 aliphatic rings. The molecule has 0 aliphatic heterocycles. The Morgan fingerprint density at radius 3 is 2.12 bits per heavy atom. The van der Waals surface area contributed by atoms with Crippen molar-refractivity contribution in [1.82, 2.24) is 0 Å². The van der Waals surface area contributed by atoms with Gasteiger partial charge < -0.3 is 0 Å². The Hall–Kier alpha value is -2.34. The lowest BCUT2D eigenvalue weighted by Gasteiger charge is -2.18. The van der Waals surface area contributed by atoms with Crippen LogP contribution in [-0.4, -0.2) is 0 Å². The summed E-state index contributed by atoms with van der Waals surface area (Å²) < 4.78 is 0. The Kier molecular flexibility index (Phi) is 4.32. The second kappa shape index (κ2) is 6.28. The standard InChI is InChI=1S/C24H26/c1-17-11-14-22-18(2)15-21(24(3,4)5)16-20(23(17)22)13-12-19-9-7-6-8-10-19/h6-16H,1-5H3/b13-12+. The minimum atomic E-state index is 0.129. The van der Waals surface area contributed by atoms with Crippen LogP contribution in [0.15, 0.2) is 54.6 Å². The third kappa shape index (κ3) is 3.28. The van der Waals surface area contributed by atoms with Crippen molar-refractivity contribution in [3.05, 3.63) is 82.4 Å². The molecule has 0 aromatic heterocycles. The zero-order valence-corrected chi connectivity index (χ0v) is 15.4. The van der Waals surface area contributed by atoms with E-state index in [1.54, 1.807) is 0 Å². The molecule has 0 heterocycles. The Balaban J connectivity index is 2.22. The van der Waals surface area contributed by atoms with E-state index in [4.69, 9.17) is 0 Å². The van der Waals surface area contributed by atoms with Crippen LogP contribution in [0.3, 0.4) is 0 Å². The molecular formula is C24H26. The van der Waals surface area contributed by atoms with Gasteiger partial charge in [-0.2, -0.15) is 0 Å². The lowest BCUT2D eigenvalue weighted by atomic mass is 9.87. The topological polar surface area (TPSA) is 0 Å². The number of hydrogen-bond donors (Lipinski definition) is 0. The molecule has 0 heteroatoms. The van der Waals surface area contributed by atoms with Crippen molar-refractivity contribution in [3.8, 4) is 11.1 Å². The average Bonchev–Trinajstić information content (AvgIpc) is 2.84. The normalized spacial score (nSPS) is 12.2. The molecule has 0 unspecified atom stereocenters. The molecule has 0 saturated carbocycles. The molecule has 0 atom stereocenters. The summed E-state index contributed by atoms with van der Waals surface area (Å²) in [5.41, 5.74) is 9.46. The maximum atomic E-state index is 2.36. The molecule has 0 radical (unpaired) electrons. The maximum absolute atomic E-state index is 2.36. The van der Waals surface area contributed by atoms with Crippen LogP contribution < -0.4 is 0 Å². The van der Waals surface area contributed by atoms with Crippen molar-refractivity contribution < 1.29 is 0 Å². The van der Waals surface area contributed by atoms with Crippen molar-refractivity contribution in [2.24, 2.45) is 0 Å². The summed E-state index contributed by atoms with van der Waals surface area (Å²) in [4.78, 5) is 0. The van der Waals surface area contributed by atoms with Crippen molar-refractivity contribution >= 4 is 12.2 Å². The molecule has 0 spiro atoms. The zero-order chi connectivity index (χ0) is 17.3. The fourth-order valence-corrected chi connectivity index (χ4v) is 3.21. The maximum Gasteiger partial charge on any atom is -0.00794 e. The van der Waals surface area contributed by atoms with E-state index >= 15 is 0 Å². The van der Waals surface area contributed by atoms with Gasteiger partial charge in [-0.1, -0.05) is 87.5 Å². The average molecular weight is 314 g/mol. The number of benzene rings is 1. The molecule has 0 N–H and O–H groups in total. The lowest BCUT2D eigenvalue weighted by Crippen LogP contribution is -2.10. The van der Waals surface area contributed by atoms with Gasteiger partial charge in [-0.15, -0.1) is 0 Å².